The van der Waals surface area contributed by atoms with Crippen molar-refractivity contribution < 1.29 is 14.3 Å². The highest BCUT2D eigenvalue weighted by Crippen LogP contribution is 2.31. The van der Waals surface area contributed by atoms with Gasteiger partial charge in [0.25, 0.3) is 0 Å². The molecule has 4 nitrogen and oxygen atoms in total. The lowest BCUT2D eigenvalue weighted by Gasteiger charge is -2.08. The molecule has 1 aliphatic heterocycles. The molecule has 4 heteroatoms. The Bertz CT molecular complexity index is 735. The van der Waals surface area contributed by atoms with Crippen molar-refractivity contribution in [1.82, 2.24) is 0 Å². The molecule has 106 valence electrons. The number of fused-ring (bicyclic) bond motifs is 1. The van der Waals surface area contributed by atoms with Crippen LogP contribution >= 0.6 is 0 Å². The quantitative estimate of drug-likeness (QED) is 0.876. The van der Waals surface area contributed by atoms with E-state index in [1.54, 1.807) is 20.3 Å². The van der Waals surface area contributed by atoms with E-state index in [2.05, 4.69) is 5.32 Å². The van der Waals surface area contributed by atoms with Gasteiger partial charge in [0.1, 0.15) is 11.5 Å². The lowest BCUT2D eigenvalue weighted by Crippen LogP contribution is -2.00. The van der Waals surface area contributed by atoms with Gasteiger partial charge < -0.3 is 14.8 Å². The molecule has 0 aliphatic carbocycles. The zero-order valence-electron chi connectivity index (χ0n) is 11.8. The average Bonchev–Trinajstić information content (AvgIpc) is 2.84. The molecule has 1 N–H and O–H groups in total. The third kappa shape index (κ3) is 2.36. The molecule has 2 aromatic carbocycles. The summed E-state index contributed by atoms with van der Waals surface area (Å²) < 4.78 is 10.5. The summed E-state index contributed by atoms with van der Waals surface area (Å²) in [6, 6.07) is 12.9. The second kappa shape index (κ2) is 5.32. The van der Waals surface area contributed by atoms with Gasteiger partial charge in [0.05, 0.1) is 19.9 Å². The number of allylic oxidation sites excluding steroid dienone is 1. The third-order valence-corrected chi connectivity index (χ3v) is 3.42. The molecule has 0 aromatic heterocycles. The van der Waals surface area contributed by atoms with Crippen molar-refractivity contribution in [3.63, 3.8) is 0 Å². The molecular weight excluding hydrogens is 266 g/mol. The summed E-state index contributed by atoms with van der Waals surface area (Å²) in [5.41, 5.74) is 2.84. The molecule has 0 atom stereocenters. The van der Waals surface area contributed by atoms with E-state index in [4.69, 9.17) is 9.47 Å². The Kier molecular flexibility index (Phi) is 3.36. The van der Waals surface area contributed by atoms with E-state index in [1.165, 1.54) is 0 Å². The van der Waals surface area contributed by atoms with Gasteiger partial charge in [-0.3, -0.25) is 4.79 Å². The number of carbonyl (C=O) groups is 1. The molecule has 1 aliphatic rings. The van der Waals surface area contributed by atoms with E-state index in [1.807, 2.05) is 42.5 Å². The van der Waals surface area contributed by atoms with Gasteiger partial charge in [-0.15, -0.1) is 0 Å². The van der Waals surface area contributed by atoms with Crippen molar-refractivity contribution in [2.45, 2.75) is 0 Å². The van der Waals surface area contributed by atoms with Crippen LogP contribution in [0.2, 0.25) is 0 Å². The maximum absolute atomic E-state index is 12.4. The monoisotopic (exact) mass is 281 g/mol. The molecule has 0 bridgehead atoms. The van der Waals surface area contributed by atoms with E-state index >= 15 is 0 Å². The van der Waals surface area contributed by atoms with Crippen molar-refractivity contribution in [3.8, 4) is 11.5 Å². The Morgan fingerprint density at radius 1 is 1.05 bits per heavy atom. The summed E-state index contributed by atoms with van der Waals surface area (Å²) in [7, 11) is 3.20. The molecular formula is C17H15NO3. The Morgan fingerprint density at radius 2 is 1.86 bits per heavy atom. The minimum atomic E-state index is -0.0181. The highest BCUT2D eigenvalue weighted by molar-refractivity contribution is 6.20. The van der Waals surface area contributed by atoms with Gasteiger partial charge in [-0.1, -0.05) is 12.1 Å². The van der Waals surface area contributed by atoms with Crippen LogP contribution in [0.25, 0.3) is 6.08 Å². The maximum Gasteiger partial charge on any atom is 0.211 e. The number of nitrogens with one attached hydrogen (secondary N) is 1. The minimum Gasteiger partial charge on any atom is -0.497 e. The zero-order valence-corrected chi connectivity index (χ0v) is 11.8. The molecule has 1 heterocycles. The molecule has 0 saturated heterocycles. The van der Waals surface area contributed by atoms with Gasteiger partial charge in [-0.25, -0.2) is 0 Å². The van der Waals surface area contributed by atoms with Crippen LogP contribution < -0.4 is 14.8 Å². The molecule has 0 amide bonds. The molecule has 0 radical (unpaired) electrons. The van der Waals surface area contributed by atoms with Crippen molar-refractivity contribution in [2.75, 3.05) is 19.5 Å². The van der Waals surface area contributed by atoms with Crippen molar-refractivity contribution in [3.05, 3.63) is 59.3 Å². The highest BCUT2D eigenvalue weighted by Gasteiger charge is 2.24. The van der Waals surface area contributed by atoms with E-state index in [0.717, 1.165) is 11.3 Å². The maximum atomic E-state index is 12.4. The number of Topliss-reactive ketones (excluding diaryl/α,β-unsaturated/α-hetero) is 1. The minimum absolute atomic E-state index is 0.0181. The molecule has 2 aromatic rings. The lowest BCUT2D eigenvalue weighted by molar-refractivity contribution is 0.104. The lowest BCUT2D eigenvalue weighted by atomic mass is 10.1. The summed E-state index contributed by atoms with van der Waals surface area (Å²) in [5.74, 6) is 1.38. The largest absolute Gasteiger partial charge is 0.497 e. The number of methoxy groups -OCH3 is 2. The first-order valence-electron chi connectivity index (χ1n) is 6.57. The molecule has 0 fully saturated rings. The number of hydrogen-bond donors (Lipinski definition) is 1. The average molecular weight is 281 g/mol. The number of hydrogen-bond acceptors (Lipinski definition) is 4. The fourth-order valence-corrected chi connectivity index (χ4v) is 2.35. The summed E-state index contributed by atoms with van der Waals surface area (Å²) in [6.07, 6.45) is 1.78. The molecule has 0 unspecified atom stereocenters. The number of ketones is 1. The first-order chi connectivity index (χ1) is 10.2. The SMILES string of the molecule is COc1ccc(OC)c(C=C2Nc3ccccc3C2=O)c1. The van der Waals surface area contributed by atoms with Crippen LogP contribution in [-0.2, 0) is 0 Å². The van der Waals surface area contributed by atoms with Gasteiger partial charge >= 0.3 is 0 Å². The molecule has 0 spiro atoms. The number of benzene rings is 2. The van der Waals surface area contributed by atoms with Crippen molar-refractivity contribution in [2.24, 2.45) is 0 Å². The Hall–Kier alpha value is -2.75. The topological polar surface area (TPSA) is 47.6 Å². The van der Waals surface area contributed by atoms with Crippen LogP contribution in [0.1, 0.15) is 15.9 Å². The molecule has 0 saturated carbocycles. The predicted molar refractivity (Wildman–Crippen MR) is 81.9 cm³/mol. The number of ether oxygens (including phenoxy) is 2. The second-order valence-corrected chi connectivity index (χ2v) is 4.67. The smallest absolute Gasteiger partial charge is 0.211 e. The van der Waals surface area contributed by atoms with Gasteiger partial charge in [-0.2, -0.15) is 0 Å². The van der Waals surface area contributed by atoms with Gasteiger partial charge in [0.15, 0.2) is 0 Å². The Morgan fingerprint density at radius 3 is 2.57 bits per heavy atom. The van der Waals surface area contributed by atoms with E-state index in [0.29, 0.717) is 22.8 Å². The van der Waals surface area contributed by atoms with Crippen LogP contribution in [0.15, 0.2) is 48.2 Å². The van der Waals surface area contributed by atoms with Crippen LogP contribution in [0.3, 0.4) is 0 Å². The van der Waals surface area contributed by atoms with Gasteiger partial charge in [-0.05, 0) is 36.4 Å². The number of carbonyl (C=O) groups excluding carboxylic acids is 1. The normalized spacial score (nSPS) is 14.8. The predicted octanol–water partition coefficient (Wildman–Crippen LogP) is 3.35. The summed E-state index contributed by atoms with van der Waals surface area (Å²) in [5, 5.41) is 3.14. The number of para-hydroxylation sites is 1. The summed E-state index contributed by atoms with van der Waals surface area (Å²) >= 11 is 0. The fraction of sp³-hybridized carbons (Fsp3) is 0.118. The molecule has 21 heavy (non-hydrogen) atoms. The van der Waals surface area contributed by atoms with E-state index in [9.17, 15) is 4.79 Å². The van der Waals surface area contributed by atoms with Gasteiger partial charge in [0.2, 0.25) is 5.78 Å². The van der Waals surface area contributed by atoms with E-state index < -0.39 is 0 Å². The van der Waals surface area contributed by atoms with Crippen LogP contribution in [0.5, 0.6) is 11.5 Å². The van der Waals surface area contributed by atoms with Crippen molar-refractivity contribution >= 4 is 17.5 Å². The Labute approximate surface area is 123 Å². The third-order valence-electron chi connectivity index (χ3n) is 3.42. The summed E-state index contributed by atoms with van der Waals surface area (Å²) in [4.78, 5) is 12.4. The zero-order chi connectivity index (χ0) is 14.8. The van der Waals surface area contributed by atoms with Crippen molar-refractivity contribution in [1.29, 1.82) is 0 Å². The Balaban J connectivity index is 2.02. The van der Waals surface area contributed by atoms with Crippen LogP contribution in [-0.4, -0.2) is 20.0 Å². The van der Waals surface area contributed by atoms with Gasteiger partial charge in [0, 0.05) is 16.8 Å². The first-order valence-corrected chi connectivity index (χ1v) is 6.57. The summed E-state index contributed by atoms with van der Waals surface area (Å²) in [6.45, 7) is 0. The number of rotatable bonds is 3. The van der Waals surface area contributed by atoms with Crippen LogP contribution in [0, 0.1) is 0 Å². The molecule has 3 rings (SSSR count). The highest BCUT2D eigenvalue weighted by atomic mass is 16.5. The van der Waals surface area contributed by atoms with Crippen LogP contribution in [0.4, 0.5) is 5.69 Å². The van der Waals surface area contributed by atoms with E-state index in [-0.39, 0.29) is 5.78 Å². The fourth-order valence-electron chi connectivity index (χ4n) is 2.35. The second-order valence-electron chi connectivity index (χ2n) is 4.67. The standard InChI is InChI=1S/C17H15NO3/c1-20-12-7-8-16(21-2)11(9-12)10-15-17(19)13-5-3-4-6-14(13)18-15/h3-10,18H,1-2H3. The number of anilines is 1. The first kappa shape index (κ1) is 13.2.